The second-order valence-electron chi connectivity index (χ2n) is 4.61. The quantitative estimate of drug-likeness (QED) is 0.829. The van der Waals surface area contributed by atoms with E-state index in [0.717, 1.165) is 19.3 Å². The first kappa shape index (κ1) is 11.6. The van der Waals surface area contributed by atoms with E-state index >= 15 is 0 Å². The number of carboxylic acid groups (broad SMARTS) is 1. The Morgan fingerprint density at radius 2 is 2.12 bits per heavy atom. The molecule has 0 spiro atoms. The maximum Gasteiger partial charge on any atom is 0.354 e. The SMILES string of the molecule is CC1(NC(=O)c2ccc(C(=O)O)nc2)CCC1. The van der Waals surface area contributed by atoms with Crippen molar-refractivity contribution in [3.05, 3.63) is 29.6 Å². The molecule has 1 amide bonds. The van der Waals surface area contributed by atoms with Crippen molar-refractivity contribution in [2.75, 3.05) is 0 Å². The van der Waals surface area contributed by atoms with Crippen molar-refractivity contribution in [3.8, 4) is 0 Å². The van der Waals surface area contributed by atoms with Crippen LogP contribution in [0.4, 0.5) is 0 Å². The van der Waals surface area contributed by atoms with E-state index in [0.29, 0.717) is 5.56 Å². The zero-order chi connectivity index (χ0) is 12.5. The van der Waals surface area contributed by atoms with Gasteiger partial charge in [0.15, 0.2) is 0 Å². The summed E-state index contributed by atoms with van der Waals surface area (Å²) in [6.07, 6.45) is 4.40. The van der Waals surface area contributed by atoms with Crippen molar-refractivity contribution in [2.24, 2.45) is 0 Å². The third kappa shape index (κ3) is 2.43. The van der Waals surface area contributed by atoms with Gasteiger partial charge in [-0.05, 0) is 38.3 Å². The van der Waals surface area contributed by atoms with Gasteiger partial charge >= 0.3 is 5.97 Å². The van der Waals surface area contributed by atoms with Gasteiger partial charge in [-0.1, -0.05) is 0 Å². The number of carbonyl (C=O) groups excluding carboxylic acids is 1. The molecule has 1 aromatic rings. The minimum atomic E-state index is -1.09. The molecule has 1 heterocycles. The van der Waals surface area contributed by atoms with E-state index in [1.54, 1.807) is 0 Å². The van der Waals surface area contributed by atoms with Crippen molar-refractivity contribution in [2.45, 2.75) is 31.7 Å². The molecule has 1 aliphatic carbocycles. The Morgan fingerprint density at radius 1 is 1.41 bits per heavy atom. The van der Waals surface area contributed by atoms with Crippen LogP contribution in [0.25, 0.3) is 0 Å². The Kier molecular flexibility index (Phi) is 2.83. The lowest BCUT2D eigenvalue weighted by atomic mass is 9.78. The topological polar surface area (TPSA) is 79.3 Å². The normalized spacial score (nSPS) is 17.0. The molecule has 5 heteroatoms. The largest absolute Gasteiger partial charge is 0.477 e. The molecule has 0 unspecified atom stereocenters. The van der Waals surface area contributed by atoms with Crippen LogP contribution in [0.2, 0.25) is 0 Å². The van der Waals surface area contributed by atoms with E-state index < -0.39 is 5.97 Å². The molecule has 0 aliphatic heterocycles. The third-order valence-electron chi connectivity index (χ3n) is 3.12. The van der Waals surface area contributed by atoms with Crippen LogP contribution in [-0.4, -0.2) is 27.5 Å². The Balaban J connectivity index is 2.06. The van der Waals surface area contributed by atoms with Gasteiger partial charge in [0.2, 0.25) is 0 Å². The summed E-state index contributed by atoms with van der Waals surface area (Å²) in [7, 11) is 0. The van der Waals surface area contributed by atoms with E-state index in [1.165, 1.54) is 18.3 Å². The number of aromatic nitrogens is 1. The van der Waals surface area contributed by atoms with Gasteiger partial charge in [0.25, 0.3) is 5.91 Å². The lowest BCUT2D eigenvalue weighted by Crippen LogP contribution is -2.50. The second-order valence-corrected chi connectivity index (χ2v) is 4.61. The summed E-state index contributed by atoms with van der Waals surface area (Å²) in [5, 5.41) is 11.6. The Labute approximate surface area is 98.9 Å². The van der Waals surface area contributed by atoms with E-state index in [-0.39, 0.29) is 17.1 Å². The first-order valence-corrected chi connectivity index (χ1v) is 5.52. The third-order valence-corrected chi connectivity index (χ3v) is 3.12. The van der Waals surface area contributed by atoms with E-state index in [4.69, 9.17) is 5.11 Å². The van der Waals surface area contributed by atoms with Crippen LogP contribution in [0.15, 0.2) is 18.3 Å². The number of hydrogen-bond acceptors (Lipinski definition) is 3. The standard InChI is InChI=1S/C12H14N2O3/c1-12(5-2-6-12)14-10(15)8-3-4-9(11(16)17)13-7-8/h3-4,7H,2,5-6H2,1H3,(H,14,15)(H,16,17). The van der Waals surface area contributed by atoms with Crippen molar-refractivity contribution in [3.63, 3.8) is 0 Å². The highest BCUT2D eigenvalue weighted by molar-refractivity contribution is 5.95. The summed E-state index contributed by atoms with van der Waals surface area (Å²) in [5.74, 6) is -1.29. The molecule has 0 saturated heterocycles. The number of aromatic carboxylic acids is 1. The maximum atomic E-state index is 11.8. The summed E-state index contributed by atoms with van der Waals surface area (Å²) in [6, 6.07) is 2.81. The van der Waals surface area contributed by atoms with E-state index in [1.807, 2.05) is 6.92 Å². The number of carbonyl (C=O) groups is 2. The molecule has 1 fully saturated rings. The number of carboxylic acids is 1. The van der Waals surface area contributed by atoms with Crippen molar-refractivity contribution < 1.29 is 14.7 Å². The lowest BCUT2D eigenvalue weighted by molar-refractivity contribution is 0.0689. The molecule has 90 valence electrons. The number of nitrogens with zero attached hydrogens (tertiary/aromatic N) is 1. The molecule has 0 aromatic carbocycles. The van der Waals surface area contributed by atoms with Gasteiger partial charge < -0.3 is 10.4 Å². The van der Waals surface area contributed by atoms with Gasteiger partial charge in [-0.25, -0.2) is 9.78 Å². The van der Waals surface area contributed by atoms with Gasteiger partial charge in [0.1, 0.15) is 5.69 Å². The smallest absolute Gasteiger partial charge is 0.354 e. The summed E-state index contributed by atoms with van der Waals surface area (Å²) in [6.45, 7) is 2.01. The summed E-state index contributed by atoms with van der Waals surface area (Å²) in [4.78, 5) is 26.2. The average molecular weight is 234 g/mol. The minimum absolute atomic E-state index is 0.0589. The first-order chi connectivity index (χ1) is 8.00. The van der Waals surface area contributed by atoms with Gasteiger partial charge in [-0.3, -0.25) is 4.79 Å². The molecule has 2 rings (SSSR count). The van der Waals surface area contributed by atoms with Crippen LogP contribution >= 0.6 is 0 Å². The van der Waals surface area contributed by atoms with Gasteiger partial charge in [-0.15, -0.1) is 0 Å². The highest BCUT2D eigenvalue weighted by atomic mass is 16.4. The van der Waals surface area contributed by atoms with Crippen molar-refractivity contribution in [1.29, 1.82) is 0 Å². The van der Waals surface area contributed by atoms with Crippen LogP contribution in [-0.2, 0) is 0 Å². The van der Waals surface area contributed by atoms with Crippen molar-refractivity contribution in [1.82, 2.24) is 10.3 Å². The number of nitrogens with one attached hydrogen (secondary N) is 1. The van der Waals surface area contributed by atoms with E-state index in [2.05, 4.69) is 10.3 Å². The monoisotopic (exact) mass is 234 g/mol. The highest BCUT2D eigenvalue weighted by Gasteiger charge is 2.33. The van der Waals surface area contributed by atoms with Crippen molar-refractivity contribution >= 4 is 11.9 Å². The number of hydrogen-bond donors (Lipinski definition) is 2. The van der Waals surface area contributed by atoms with Gasteiger partial charge in [0.05, 0.1) is 5.56 Å². The van der Waals surface area contributed by atoms with Gasteiger partial charge in [-0.2, -0.15) is 0 Å². The predicted molar refractivity (Wildman–Crippen MR) is 60.9 cm³/mol. The van der Waals surface area contributed by atoms with Crippen LogP contribution in [0.3, 0.4) is 0 Å². The molecule has 17 heavy (non-hydrogen) atoms. The Hall–Kier alpha value is -1.91. The van der Waals surface area contributed by atoms with E-state index in [9.17, 15) is 9.59 Å². The fourth-order valence-corrected chi connectivity index (χ4v) is 1.83. The summed E-state index contributed by atoms with van der Waals surface area (Å²) in [5.41, 5.74) is 0.224. The second kappa shape index (κ2) is 4.16. The van der Waals surface area contributed by atoms with Crippen LogP contribution in [0.1, 0.15) is 47.0 Å². The number of rotatable bonds is 3. The lowest BCUT2D eigenvalue weighted by Gasteiger charge is -2.39. The molecule has 0 bridgehead atoms. The molecule has 0 atom stereocenters. The number of amides is 1. The molecule has 0 radical (unpaired) electrons. The zero-order valence-electron chi connectivity index (χ0n) is 9.56. The molecule has 1 saturated carbocycles. The Bertz CT molecular complexity index is 449. The predicted octanol–water partition coefficient (Wildman–Crippen LogP) is 1.45. The summed E-state index contributed by atoms with van der Waals surface area (Å²) < 4.78 is 0. The molecule has 2 N–H and O–H groups in total. The molecule has 1 aliphatic rings. The van der Waals surface area contributed by atoms with Crippen LogP contribution in [0.5, 0.6) is 0 Å². The average Bonchev–Trinajstić information content (AvgIpc) is 2.27. The first-order valence-electron chi connectivity index (χ1n) is 5.52. The Morgan fingerprint density at radius 3 is 2.53 bits per heavy atom. The summed E-state index contributed by atoms with van der Waals surface area (Å²) >= 11 is 0. The minimum Gasteiger partial charge on any atom is -0.477 e. The molecular weight excluding hydrogens is 220 g/mol. The molecule has 5 nitrogen and oxygen atoms in total. The molecular formula is C12H14N2O3. The highest BCUT2D eigenvalue weighted by Crippen LogP contribution is 2.31. The fourth-order valence-electron chi connectivity index (χ4n) is 1.83. The van der Waals surface area contributed by atoms with Crippen LogP contribution < -0.4 is 5.32 Å². The fraction of sp³-hybridized carbons (Fsp3) is 0.417. The van der Waals surface area contributed by atoms with Crippen LogP contribution in [0, 0.1) is 0 Å². The molecule has 1 aromatic heterocycles. The van der Waals surface area contributed by atoms with Gasteiger partial charge in [0, 0.05) is 11.7 Å². The number of pyridine rings is 1. The zero-order valence-corrected chi connectivity index (χ0v) is 9.56. The maximum absolute atomic E-state index is 11.8.